The van der Waals surface area contributed by atoms with Crippen molar-refractivity contribution in [2.24, 2.45) is 0 Å². The number of aromatic nitrogens is 1. The summed E-state index contributed by atoms with van der Waals surface area (Å²) in [6.07, 6.45) is -1.13. The van der Waals surface area contributed by atoms with Crippen molar-refractivity contribution in [1.29, 1.82) is 0 Å². The van der Waals surface area contributed by atoms with E-state index in [1.165, 1.54) is 0 Å². The van der Waals surface area contributed by atoms with Crippen LogP contribution in [0.2, 0.25) is 0 Å². The van der Waals surface area contributed by atoms with Crippen LogP contribution in [0, 0.1) is 0 Å². The van der Waals surface area contributed by atoms with Gasteiger partial charge in [-0.2, -0.15) is 13.2 Å². The molecule has 0 amide bonds. The van der Waals surface area contributed by atoms with Crippen molar-refractivity contribution in [3.8, 4) is 0 Å². The Hall–Kier alpha value is -1.49. The van der Waals surface area contributed by atoms with E-state index in [1.807, 2.05) is 30.5 Å². The van der Waals surface area contributed by atoms with Crippen molar-refractivity contribution < 1.29 is 13.2 Å². The molecule has 1 fully saturated rings. The Labute approximate surface area is 109 Å². The summed E-state index contributed by atoms with van der Waals surface area (Å²) in [5, 5.41) is 1.13. The molecule has 2 aromatic rings. The Morgan fingerprint density at radius 2 is 1.79 bits per heavy atom. The molecular formula is C14H15F3N2. The number of nitrogens with zero attached hydrogens (tertiary/aromatic N) is 1. The molecule has 1 saturated heterocycles. The van der Waals surface area contributed by atoms with E-state index in [4.69, 9.17) is 0 Å². The second-order valence-corrected chi connectivity index (χ2v) is 5.02. The number of halogens is 3. The number of benzene rings is 1. The minimum absolute atomic E-state index is 0.0909. The molecule has 0 aliphatic carbocycles. The van der Waals surface area contributed by atoms with Crippen LogP contribution in [0.3, 0.4) is 0 Å². The first-order valence-corrected chi connectivity index (χ1v) is 6.43. The molecule has 0 saturated carbocycles. The number of hydrogen-bond donors (Lipinski definition) is 1. The van der Waals surface area contributed by atoms with E-state index < -0.39 is 6.30 Å². The Balaban J connectivity index is 1.79. The number of para-hydroxylation sites is 1. The molecule has 2 heterocycles. The number of hydrogen-bond acceptors (Lipinski definition) is 1. The van der Waals surface area contributed by atoms with Crippen LogP contribution in [0.15, 0.2) is 30.5 Å². The van der Waals surface area contributed by atoms with Gasteiger partial charge < -0.3 is 4.98 Å². The molecule has 0 unspecified atom stereocenters. The molecule has 0 spiro atoms. The molecule has 3 rings (SSSR count). The van der Waals surface area contributed by atoms with E-state index in [-0.39, 0.29) is 19.0 Å². The zero-order valence-corrected chi connectivity index (χ0v) is 10.4. The van der Waals surface area contributed by atoms with Crippen LogP contribution in [0.5, 0.6) is 0 Å². The molecule has 1 aliphatic rings. The van der Waals surface area contributed by atoms with E-state index >= 15 is 0 Å². The largest absolute Gasteiger partial charge is 0.459 e. The van der Waals surface area contributed by atoms with Crippen LogP contribution in [-0.2, 0) is 0 Å². The lowest BCUT2D eigenvalue weighted by molar-refractivity contribution is -0.250. The molecule has 1 aliphatic heterocycles. The fourth-order valence-corrected chi connectivity index (χ4v) is 2.88. The van der Waals surface area contributed by atoms with Gasteiger partial charge >= 0.3 is 6.30 Å². The number of alkyl halides is 3. The molecule has 1 aromatic carbocycles. The fraction of sp³-hybridized carbons (Fsp3) is 0.429. The number of fused-ring (bicyclic) bond motifs is 1. The van der Waals surface area contributed by atoms with Crippen LogP contribution in [-0.4, -0.2) is 29.3 Å². The fourth-order valence-electron chi connectivity index (χ4n) is 2.88. The normalized spacial score (nSPS) is 19.1. The van der Waals surface area contributed by atoms with Gasteiger partial charge in [0.05, 0.1) is 0 Å². The van der Waals surface area contributed by atoms with Crippen LogP contribution < -0.4 is 0 Å². The summed E-state index contributed by atoms with van der Waals surface area (Å²) < 4.78 is 37.8. The molecular weight excluding hydrogens is 253 g/mol. The Morgan fingerprint density at radius 3 is 2.47 bits per heavy atom. The lowest BCUT2D eigenvalue weighted by Gasteiger charge is -2.32. The zero-order chi connectivity index (χ0) is 13.5. The van der Waals surface area contributed by atoms with Gasteiger partial charge in [-0.15, -0.1) is 0 Å². The number of rotatable bonds is 1. The maximum atomic E-state index is 12.6. The molecule has 19 heavy (non-hydrogen) atoms. The number of aromatic amines is 1. The molecule has 2 nitrogen and oxygen atoms in total. The van der Waals surface area contributed by atoms with E-state index in [9.17, 15) is 13.2 Å². The summed E-state index contributed by atoms with van der Waals surface area (Å²) in [5.41, 5.74) is 2.20. The van der Waals surface area contributed by atoms with Gasteiger partial charge in [0.25, 0.3) is 0 Å². The van der Waals surface area contributed by atoms with E-state index in [1.54, 1.807) is 0 Å². The lowest BCUT2D eigenvalue weighted by atomic mass is 9.89. The summed E-state index contributed by atoms with van der Waals surface area (Å²) in [6, 6.07) is 7.93. The predicted molar refractivity (Wildman–Crippen MR) is 67.9 cm³/mol. The molecule has 0 bridgehead atoms. The third-order valence-corrected chi connectivity index (χ3v) is 3.91. The standard InChI is InChI=1S/C14H15F3N2/c15-14(16,17)19-7-5-10(6-8-19)12-9-18-13-4-2-1-3-11(12)13/h1-4,9-10,18H,5-8H2. The zero-order valence-electron chi connectivity index (χ0n) is 10.4. The van der Waals surface area contributed by atoms with Gasteiger partial charge in [0.15, 0.2) is 0 Å². The molecule has 5 heteroatoms. The molecule has 102 valence electrons. The predicted octanol–water partition coefficient (Wildman–Crippen LogP) is 3.87. The average molecular weight is 268 g/mol. The molecule has 1 aromatic heterocycles. The number of H-pyrrole nitrogens is 1. The first kappa shape index (κ1) is 12.5. The summed E-state index contributed by atoms with van der Waals surface area (Å²) in [7, 11) is 0. The van der Waals surface area contributed by atoms with Gasteiger partial charge in [0.2, 0.25) is 0 Å². The maximum absolute atomic E-state index is 12.6. The SMILES string of the molecule is FC(F)(F)N1CCC(c2c[nH]c3ccccc23)CC1. The summed E-state index contributed by atoms with van der Waals surface area (Å²) in [6.45, 7) is 0.182. The average Bonchev–Trinajstić information content (AvgIpc) is 2.82. The highest BCUT2D eigenvalue weighted by atomic mass is 19.4. The second kappa shape index (κ2) is 4.56. The molecule has 0 atom stereocenters. The highest BCUT2D eigenvalue weighted by Crippen LogP contribution is 2.35. The number of piperidine rings is 1. The highest BCUT2D eigenvalue weighted by molar-refractivity contribution is 5.83. The van der Waals surface area contributed by atoms with Gasteiger partial charge in [-0.3, -0.25) is 0 Å². The second-order valence-electron chi connectivity index (χ2n) is 5.02. The summed E-state index contributed by atoms with van der Waals surface area (Å²) in [4.78, 5) is 3.80. The smallest absolute Gasteiger partial charge is 0.361 e. The van der Waals surface area contributed by atoms with Gasteiger partial charge in [-0.25, -0.2) is 4.90 Å². The Kier molecular flexibility index (Phi) is 3.01. The van der Waals surface area contributed by atoms with Crippen LogP contribution in [0.1, 0.15) is 24.3 Å². The monoisotopic (exact) mass is 268 g/mol. The Bertz CT molecular complexity index is 565. The van der Waals surface area contributed by atoms with Crippen LogP contribution in [0.25, 0.3) is 10.9 Å². The van der Waals surface area contributed by atoms with Crippen molar-refractivity contribution in [3.05, 3.63) is 36.0 Å². The number of nitrogens with one attached hydrogen (secondary N) is 1. The highest BCUT2D eigenvalue weighted by Gasteiger charge is 2.39. The molecule has 1 N–H and O–H groups in total. The van der Waals surface area contributed by atoms with Crippen LogP contribution in [0.4, 0.5) is 13.2 Å². The third-order valence-electron chi connectivity index (χ3n) is 3.91. The van der Waals surface area contributed by atoms with Gasteiger partial charge in [0.1, 0.15) is 0 Å². The van der Waals surface area contributed by atoms with Gasteiger partial charge in [-0.05, 0) is 30.4 Å². The summed E-state index contributed by atoms with van der Waals surface area (Å²) >= 11 is 0. The first-order chi connectivity index (χ1) is 9.05. The quantitative estimate of drug-likeness (QED) is 0.778. The van der Waals surface area contributed by atoms with Crippen molar-refractivity contribution in [2.75, 3.05) is 13.1 Å². The third kappa shape index (κ3) is 2.34. The minimum atomic E-state index is -4.19. The lowest BCUT2D eigenvalue weighted by Crippen LogP contribution is -2.43. The van der Waals surface area contributed by atoms with Crippen molar-refractivity contribution in [3.63, 3.8) is 0 Å². The molecule has 0 radical (unpaired) electrons. The minimum Gasteiger partial charge on any atom is -0.361 e. The van der Waals surface area contributed by atoms with E-state index in [0.717, 1.165) is 16.5 Å². The van der Waals surface area contributed by atoms with Crippen molar-refractivity contribution in [2.45, 2.75) is 25.1 Å². The first-order valence-electron chi connectivity index (χ1n) is 6.43. The topological polar surface area (TPSA) is 19.0 Å². The van der Waals surface area contributed by atoms with Crippen molar-refractivity contribution in [1.82, 2.24) is 9.88 Å². The van der Waals surface area contributed by atoms with Gasteiger partial charge in [0, 0.05) is 30.2 Å². The van der Waals surface area contributed by atoms with Crippen LogP contribution >= 0.6 is 0 Å². The van der Waals surface area contributed by atoms with Gasteiger partial charge in [-0.1, -0.05) is 18.2 Å². The van der Waals surface area contributed by atoms with Crippen molar-refractivity contribution >= 4 is 10.9 Å². The van der Waals surface area contributed by atoms with E-state index in [0.29, 0.717) is 17.7 Å². The summed E-state index contributed by atoms with van der Waals surface area (Å²) in [5.74, 6) is 0.217. The maximum Gasteiger partial charge on any atom is 0.459 e. The number of likely N-dealkylation sites (tertiary alicyclic amines) is 1. The Morgan fingerprint density at radius 1 is 1.11 bits per heavy atom. The van der Waals surface area contributed by atoms with E-state index in [2.05, 4.69) is 4.98 Å².